The molecule has 0 aromatic heterocycles. The zero-order valence-electron chi connectivity index (χ0n) is 13.0. The third kappa shape index (κ3) is 4.15. The molecule has 22 heavy (non-hydrogen) atoms. The summed E-state index contributed by atoms with van der Waals surface area (Å²) in [5, 5.41) is 13.6. The summed E-state index contributed by atoms with van der Waals surface area (Å²) >= 11 is 0. The van der Waals surface area contributed by atoms with E-state index in [0.717, 1.165) is 26.2 Å². The maximum atomic E-state index is 13.0. The summed E-state index contributed by atoms with van der Waals surface area (Å²) in [6.45, 7) is 2.92. The van der Waals surface area contributed by atoms with Crippen molar-refractivity contribution in [3.63, 3.8) is 0 Å². The quantitative estimate of drug-likeness (QED) is 0.834. The molecule has 1 aliphatic rings. The standard InChI is InChI=1S/C15H23FN2O3.ClH/c1-20-11-9-13(19)15(14(10-11)21-2)12(3-4-16)18-7-5-17-6-8-18;/h9-10,12,17,19H,3-8H2,1-2H3;1H/t12-;/m0./s1. The predicted octanol–water partition coefficient (Wildman–Crippen LogP) is 2.14. The van der Waals surface area contributed by atoms with Gasteiger partial charge in [-0.15, -0.1) is 12.4 Å². The van der Waals surface area contributed by atoms with Crippen LogP contribution in [0.2, 0.25) is 0 Å². The first-order valence-electron chi connectivity index (χ1n) is 7.16. The highest BCUT2D eigenvalue weighted by Crippen LogP contribution is 2.41. The average Bonchev–Trinajstić information content (AvgIpc) is 2.53. The molecule has 2 N–H and O–H groups in total. The smallest absolute Gasteiger partial charge is 0.131 e. The number of phenolic OH excluding ortho intramolecular Hbond substituents is 1. The number of hydrogen-bond donors (Lipinski definition) is 2. The fourth-order valence-electron chi connectivity index (χ4n) is 2.82. The highest BCUT2D eigenvalue weighted by atomic mass is 35.5. The zero-order chi connectivity index (χ0) is 15.2. The van der Waals surface area contributed by atoms with Crippen LogP contribution in [0.1, 0.15) is 18.0 Å². The highest BCUT2D eigenvalue weighted by molar-refractivity contribution is 5.85. The van der Waals surface area contributed by atoms with Crippen LogP contribution in [0.25, 0.3) is 0 Å². The van der Waals surface area contributed by atoms with Crippen LogP contribution in [0.3, 0.4) is 0 Å². The summed E-state index contributed by atoms with van der Waals surface area (Å²) in [5.41, 5.74) is 0.637. The second-order valence-corrected chi connectivity index (χ2v) is 5.04. The molecule has 1 atom stereocenters. The third-order valence-corrected chi connectivity index (χ3v) is 3.86. The minimum atomic E-state index is -0.441. The number of nitrogens with zero attached hydrogens (tertiary/aromatic N) is 1. The number of benzene rings is 1. The van der Waals surface area contributed by atoms with Crippen LogP contribution in [-0.4, -0.2) is 57.1 Å². The van der Waals surface area contributed by atoms with Crippen molar-refractivity contribution in [1.29, 1.82) is 0 Å². The molecule has 0 unspecified atom stereocenters. The molecule has 0 saturated carbocycles. The second kappa shape index (κ2) is 9.02. The molecule has 0 bridgehead atoms. The minimum Gasteiger partial charge on any atom is -0.507 e. The SMILES string of the molecule is COc1cc(O)c([C@H](CCF)N2CCNCC2)c(OC)c1.Cl. The molecule has 0 radical (unpaired) electrons. The average molecular weight is 335 g/mol. The van der Waals surface area contributed by atoms with Crippen LogP contribution in [0, 0.1) is 0 Å². The number of alkyl halides is 1. The number of rotatable bonds is 6. The van der Waals surface area contributed by atoms with Crippen LogP contribution in [0.5, 0.6) is 17.2 Å². The molecule has 1 heterocycles. The van der Waals surface area contributed by atoms with E-state index in [0.29, 0.717) is 23.5 Å². The lowest BCUT2D eigenvalue weighted by atomic mass is 9.99. The van der Waals surface area contributed by atoms with Crippen LogP contribution >= 0.6 is 12.4 Å². The lowest BCUT2D eigenvalue weighted by Gasteiger charge is -2.35. The molecule has 0 spiro atoms. The fraction of sp³-hybridized carbons (Fsp3) is 0.600. The zero-order valence-corrected chi connectivity index (χ0v) is 13.8. The van der Waals surface area contributed by atoms with Gasteiger partial charge in [0, 0.05) is 44.4 Å². The van der Waals surface area contributed by atoms with E-state index in [-0.39, 0.29) is 24.2 Å². The molecule has 1 aromatic rings. The molecule has 1 saturated heterocycles. The van der Waals surface area contributed by atoms with Crippen molar-refractivity contribution < 1.29 is 19.0 Å². The van der Waals surface area contributed by atoms with Gasteiger partial charge in [-0.1, -0.05) is 0 Å². The van der Waals surface area contributed by atoms with Gasteiger partial charge in [0.25, 0.3) is 0 Å². The topological polar surface area (TPSA) is 54.0 Å². The first-order valence-corrected chi connectivity index (χ1v) is 7.16. The largest absolute Gasteiger partial charge is 0.507 e. The minimum absolute atomic E-state index is 0. The van der Waals surface area contributed by atoms with E-state index >= 15 is 0 Å². The molecule has 0 amide bonds. The lowest BCUT2D eigenvalue weighted by Crippen LogP contribution is -2.45. The van der Waals surface area contributed by atoms with Crippen LogP contribution in [0.15, 0.2) is 12.1 Å². The van der Waals surface area contributed by atoms with Gasteiger partial charge in [-0.25, -0.2) is 0 Å². The van der Waals surface area contributed by atoms with E-state index in [9.17, 15) is 9.50 Å². The molecule has 2 rings (SSSR count). The molecule has 126 valence electrons. The number of piperazine rings is 1. The van der Waals surface area contributed by atoms with E-state index in [1.807, 2.05) is 0 Å². The molecular formula is C15H24ClFN2O3. The Hall–Kier alpha value is -1.24. The normalized spacial score (nSPS) is 16.7. The van der Waals surface area contributed by atoms with Crippen molar-refractivity contribution >= 4 is 12.4 Å². The lowest BCUT2D eigenvalue weighted by molar-refractivity contribution is 0.152. The summed E-state index contributed by atoms with van der Waals surface area (Å²) in [7, 11) is 3.07. The Bertz CT molecular complexity index is 470. The number of ether oxygens (including phenoxy) is 2. The Kier molecular flexibility index (Phi) is 7.72. The molecule has 1 aromatic carbocycles. The highest BCUT2D eigenvalue weighted by Gasteiger charge is 2.28. The Balaban J connectivity index is 0.00000242. The van der Waals surface area contributed by atoms with E-state index in [1.54, 1.807) is 19.2 Å². The number of halogens is 2. The van der Waals surface area contributed by atoms with Gasteiger partial charge in [0.15, 0.2) is 0 Å². The van der Waals surface area contributed by atoms with Crippen molar-refractivity contribution in [2.24, 2.45) is 0 Å². The maximum Gasteiger partial charge on any atom is 0.131 e. The summed E-state index contributed by atoms with van der Waals surface area (Å²) < 4.78 is 23.5. The summed E-state index contributed by atoms with van der Waals surface area (Å²) in [4.78, 5) is 2.18. The van der Waals surface area contributed by atoms with Gasteiger partial charge in [0.05, 0.1) is 26.5 Å². The van der Waals surface area contributed by atoms with Crippen molar-refractivity contribution in [1.82, 2.24) is 10.2 Å². The number of nitrogens with one attached hydrogen (secondary N) is 1. The van der Waals surface area contributed by atoms with Gasteiger partial charge in [0.2, 0.25) is 0 Å². The van der Waals surface area contributed by atoms with Crippen molar-refractivity contribution in [2.75, 3.05) is 47.1 Å². The maximum absolute atomic E-state index is 13.0. The predicted molar refractivity (Wildman–Crippen MR) is 86.2 cm³/mol. The van der Waals surface area contributed by atoms with E-state index < -0.39 is 6.67 Å². The summed E-state index contributed by atoms with van der Waals surface area (Å²) in [5.74, 6) is 1.14. The van der Waals surface area contributed by atoms with Gasteiger partial charge >= 0.3 is 0 Å². The van der Waals surface area contributed by atoms with Gasteiger partial charge < -0.3 is 19.9 Å². The molecule has 1 aliphatic heterocycles. The van der Waals surface area contributed by atoms with E-state index in [2.05, 4.69) is 10.2 Å². The second-order valence-electron chi connectivity index (χ2n) is 5.04. The van der Waals surface area contributed by atoms with Gasteiger partial charge in [-0.3, -0.25) is 9.29 Å². The number of aromatic hydroxyl groups is 1. The number of phenols is 1. The summed E-state index contributed by atoms with van der Waals surface area (Å²) in [6, 6.07) is 3.08. The molecule has 5 nitrogen and oxygen atoms in total. The Morgan fingerprint density at radius 2 is 1.95 bits per heavy atom. The molecular weight excluding hydrogens is 311 g/mol. The van der Waals surface area contributed by atoms with Crippen LogP contribution in [-0.2, 0) is 0 Å². The van der Waals surface area contributed by atoms with Gasteiger partial charge in [0.1, 0.15) is 17.2 Å². The first kappa shape index (κ1) is 18.8. The van der Waals surface area contributed by atoms with Crippen molar-refractivity contribution in [2.45, 2.75) is 12.5 Å². The summed E-state index contributed by atoms with van der Waals surface area (Å²) in [6.07, 6.45) is 0.330. The Morgan fingerprint density at radius 1 is 1.27 bits per heavy atom. The van der Waals surface area contributed by atoms with Gasteiger partial charge in [-0.2, -0.15) is 0 Å². The van der Waals surface area contributed by atoms with Crippen molar-refractivity contribution in [3.8, 4) is 17.2 Å². The van der Waals surface area contributed by atoms with E-state index in [1.165, 1.54) is 7.11 Å². The molecule has 7 heteroatoms. The Morgan fingerprint density at radius 3 is 2.50 bits per heavy atom. The number of hydrogen-bond acceptors (Lipinski definition) is 5. The number of methoxy groups -OCH3 is 2. The third-order valence-electron chi connectivity index (χ3n) is 3.86. The van der Waals surface area contributed by atoms with Crippen molar-refractivity contribution in [3.05, 3.63) is 17.7 Å². The van der Waals surface area contributed by atoms with Gasteiger partial charge in [-0.05, 0) is 6.42 Å². The van der Waals surface area contributed by atoms with Crippen LogP contribution < -0.4 is 14.8 Å². The monoisotopic (exact) mass is 334 g/mol. The van der Waals surface area contributed by atoms with E-state index in [4.69, 9.17) is 9.47 Å². The Labute approximate surface area is 136 Å². The fourth-order valence-corrected chi connectivity index (χ4v) is 2.82. The molecule has 1 fully saturated rings. The van der Waals surface area contributed by atoms with Crippen LogP contribution in [0.4, 0.5) is 4.39 Å². The first-order chi connectivity index (χ1) is 10.2. The molecule has 0 aliphatic carbocycles.